The molecular weight excluding hydrogens is 315 g/mol. The van der Waals surface area contributed by atoms with Crippen LogP contribution in [0.2, 0.25) is 0 Å². The van der Waals surface area contributed by atoms with E-state index in [1.807, 2.05) is 37.0 Å². The molecule has 0 aromatic carbocycles. The minimum atomic E-state index is 0. The number of halogens is 1. The van der Waals surface area contributed by atoms with E-state index in [0.717, 1.165) is 11.1 Å². The Morgan fingerprint density at radius 2 is 2.31 bits per heavy atom. The molecule has 5 heteroatoms. The summed E-state index contributed by atoms with van der Waals surface area (Å²) >= 11 is 0. The predicted octanol–water partition coefficient (Wildman–Crippen LogP) is 1.62. The number of rotatable bonds is 4. The van der Waals surface area contributed by atoms with Gasteiger partial charge in [0.15, 0.2) is 5.96 Å². The van der Waals surface area contributed by atoms with Crippen LogP contribution in [0, 0.1) is 0 Å². The molecule has 0 spiro atoms. The maximum Gasteiger partial charge on any atom is 0.189 e. The summed E-state index contributed by atoms with van der Waals surface area (Å²) in [6, 6.07) is 2.02. The van der Waals surface area contributed by atoms with Crippen LogP contribution in [0.3, 0.4) is 0 Å². The maximum absolute atomic E-state index is 5.67. The van der Waals surface area contributed by atoms with Crippen molar-refractivity contribution in [1.29, 1.82) is 0 Å². The lowest BCUT2D eigenvalue weighted by atomic mass is 10.3. The Kier molecular flexibility index (Phi) is 6.87. The van der Waals surface area contributed by atoms with E-state index in [-0.39, 0.29) is 24.0 Å². The Morgan fingerprint density at radius 3 is 2.81 bits per heavy atom. The Balaban J connectivity index is 0.00000225. The van der Waals surface area contributed by atoms with Crippen molar-refractivity contribution < 1.29 is 0 Å². The highest BCUT2D eigenvalue weighted by Crippen LogP contribution is 2.00. The van der Waals surface area contributed by atoms with Crippen LogP contribution < -0.4 is 11.1 Å². The third-order valence-electron chi connectivity index (χ3n) is 1.90. The molecule has 0 unspecified atom stereocenters. The second kappa shape index (κ2) is 7.32. The number of guanidine groups is 1. The molecule has 1 aromatic rings. The molecule has 3 N–H and O–H groups in total. The normalized spacial score (nSPS) is 10.8. The van der Waals surface area contributed by atoms with Gasteiger partial charge in [0.1, 0.15) is 0 Å². The summed E-state index contributed by atoms with van der Waals surface area (Å²) in [4.78, 5) is 4.21. The number of nitrogens with two attached hydrogens (primary N) is 1. The molecule has 0 aliphatic rings. The summed E-state index contributed by atoms with van der Waals surface area (Å²) in [7, 11) is 1.98. The first kappa shape index (κ1) is 15.0. The average Bonchev–Trinajstić information content (AvgIpc) is 2.58. The highest BCUT2D eigenvalue weighted by atomic mass is 127. The van der Waals surface area contributed by atoms with Crippen molar-refractivity contribution in [3.63, 3.8) is 0 Å². The van der Waals surface area contributed by atoms with E-state index in [9.17, 15) is 0 Å². The van der Waals surface area contributed by atoms with Gasteiger partial charge in [-0.05, 0) is 18.6 Å². The van der Waals surface area contributed by atoms with E-state index in [1.54, 1.807) is 0 Å². The third kappa shape index (κ3) is 5.79. The summed E-state index contributed by atoms with van der Waals surface area (Å²) in [6.45, 7) is 6.99. The molecule has 16 heavy (non-hydrogen) atoms. The first-order valence-electron chi connectivity index (χ1n) is 4.87. The highest BCUT2D eigenvalue weighted by Gasteiger charge is 1.94. The average molecular weight is 334 g/mol. The van der Waals surface area contributed by atoms with Crippen LogP contribution in [0.25, 0.3) is 0 Å². The van der Waals surface area contributed by atoms with Crippen molar-refractivity contribution in [2.45, 2.75) is 13.5 Å². The molecule has 0 bridgehead atoms. The number of hydrogen-bond donors (Lipinski definition) is 2. The first-order chi connectivity index (χ1) is 7.08. The van der Waals surface area contributed by atoms with Gasteiger partial charge in [-0.25, -0.2) is 4.99 Å². The fourth-order valence-corrected chi connectivity index (χ4v) is 1.13. The summed E-state index contributed by atoms with van der Waals surface area (Å²) in [5.41, 5.74) is 7.85. The van der Waals surface area contributed by atoms with E-state index >= 15 is 0 Å². The zero-order valence-electron chi connectivity index (χ0n) is 9.73. The van der Waals surface area contributed by atoms with Gasteiger partial charge in [0.05, 0.1) is 6.54 Å². The minimum absolute atomic E-state index is 0. The number of hydrogen-bond acceptors (Lipinski definition) is 1. The molecule has 0 aliphatic carbocycles. The van der Waals surface area contributed by atoms with Gasteiger partial charge in [0.2, 0.25) is 0 Å². The quantitative estimate of drug-likeness (QED) is 0.381. The molecule has 0 saturated carbocycles. The predicted molar refractivity (Wildman–Crippen MR) is 79.0 cm³/mol. The molecule has 4 nitrogen and oxygen atoms in total. The molecular formula is C11H19IN4. The van der Waals surface area contributed by atoms with Gasteiger partial charge in [0, 0.05) is 26.0 Å². The molecule has 0 aliphatic heterocycles. The lowest BCUT2D eigenvalue weighted by molar-refractivity contribution is 0.909. The molecule has 90 valence electrons. The highest BCUT2D eigenvalue weighted by molar-refractivity contribution is 14.0. The summed E-state index contributed by atoms with van der Waals surface area (Å²) < 4.78 is 1.99. The van der Waals surface area contributed by atoms with Gasteiger partial charge in [-0.1, -0.05) is 12.2 Å². The molecule has 0 radical (unpaired) electrons. The molecule has 0 saturated heterocycles. The van der Waals surface area contributed by atoms with E-state index in [1.165, 1.54) is 0 Å². The molecule has 1 heterocycles. The maximum atomic E-state index is 5.67. The van der Waals surface area contributed by atoms with Crippen LogP contribution in [-0.2, 0) is 13.6 Å². The third-order valence-corrected chi connectivity index (χ3v) is 1.90. The van der Waals surface area contributed by atoms with Gasteiger partial charge < -0.3 is 15.6 Å². The van der Waals surface area contributed by atoms with Gasteiger partial charge in [-0.3, -0.25) is 0 Å². The van der Waals surface area contributed by atoms with Crippen molar-refractivity contribution in [3.8, 4) is 0 Å². The van der Waals surface area contributed by atoms with Crippen LogP contribution in [0.4, 0.5) is 0 Å². The monoisotopic (exact) mass is 334 g/mol. The first-order valence-corrected chi connectivity index (χ1v) is 4.87. The summed E-state index contributed by atoms with van der Waals surface area (Å²) in [6.07, 6.45) is 4.01. The Labute approximate surface area is 114 Å². The van der Waals surface area contributed by atoms with Crippen LogP contribution in [0.15, 0.2) is 35.6 Å². The van der Waals surface area contributed by atoms with Crippen LogP contribution >= 0.6 is 24.0 Å². The minimum Gasteiger partial charge on any atom is -0.370 e. The van der Waals surface area contributed by atoms with Crippen molar-refractivity contribution in [2.75, 3.05) is 6.54 Å². The van der Waals surface area contributed by atoms with Crippen LogP contribution in [0.1, 0.15) is 12.5 Å². The molecule has 0 fully saturated rings. The van der Waals surface area contributed by atoms with Crippen LogP contribution in [-0.4, -0.2) is 17.1 Å². The zero-order valence-corrected chi connectivity index (χ0v) is 12.1. The van der Waals surface area contributed by atoms with Crippen LogP contribution in [0.5, 0.6) is 0 Å². The lowest BCUT2D eigenvalue weighted by Crippen LogP contribution is -2.32. The van der Waals surface area contributed by atoms with E-state index < -0.39 is 0 Å². The fourth-order valence-electron chi connectivity index (χ4n) is 1.13. The van der Waals surface area contributed by atoms with Crippen molar-refractivity contribution in [3.05, 3.63) is 36.2 Å². The van der Waals surface area contributed by atoms with Crippen molar-refractivity contribution in [1.82, 2.24) is 9.88 Å². The second-order valence-corrected chi connectivity index (χ2v) is 3.70. The molecule has 0 atom stereocenters. The largest absolute Gasteiger partial charge is 0.370 e. The van der Waals surface area contributed by atoms with Crippen molar-refractivity contribution >= 4 is 29.9 Å². The number of nitrogens with one attached hydrogen (secondary N) is 1. The van der Waals surface area contributed by atoms with Crippen molar-refractivity contribution in [2.24, 2.45) is 17.8 Å². The Hall–Kier alpha value is -0.980. The zero-order chi connectivity index (χ0) is 11.3. The summed E-state index contributed by atoms with van der Waals surface area (Å²) in [5, 5.41) is 2.98. The number of nitrogens with zero attached hydrogens (tertiary/aromatic N) is 2. The van der Waals surface area contributed by atoms with Gasteiger partial charge in [-0.15, -0.1) is 24.0 Å². The topological polar surface area (TPSA) is 55.3 Å². The smallest absolute Gasteiger partial charge is 0.189 e. The number of aromatic nitrogens is 1. The van der Waals surface area contributed by atoms with E-state index in [4.69, 9.17) is 5.73 Å². The standard InChI is InChI=1S/C11H18N4.HI/c1-9(2)6-13-11(12)14-7-10-4-5-15(3)8-10;/h4-5,8H,1,6-7H2,2-3H3,(H3,12,13,14);1H. The number of aryl methyl sites for hydroxylation is 1. The fraction of sp³-hybridized carbons (Fsp3) is 0.364. The SMILES string of the molecule is C=C(C)CNC(N)=NCc1ccn(C)c1.I. The van der Waals surface area contributed by atoms with Gasteiger partial charge in [0.25, 0.3) is 0 Å². The van der Waals surface area contributed by atoms with Gasteiger partial charge >= 0.3 is 0 Å². The molecule has 0 amide bonds. The molecule has 1 rings (SSSR count). The second-order valence-electron chi connectivity index (χ2n) is 3.70. The van der Waals surface area contributed by atoms with E-state index in [0.29, 0.717) is 19.0 Å². The summed E-state index contributed by atoms with van der Waals surface area (Å²) in [5.74, 6) is 0.460. The lowest BCUT2D eigenvalue weighted by Gasteiger charge is -2.03. The Bertz CT molecular complexity index is 368. The van der Waals surface area contributed by atoms with Gasteiger partial charge in [-0.2, -0.15) is 0 Å². The molecule has 1 aromatic heterocycles. The Morgan fingerprint density at radius 1 is 1.62 bits per heavy atom. The number of aliphatic imine (C=N–C) groups is 1. The van der Waals surface area contributed by atoms with E-state index in [2.05, 4.69) is 16.9 Å².